The van der Waals surface area contributed by atoms with Gasteiger partial charge in [-0.05, 0) is 68.4 Å². The van der Waals surface area contributed by atoms with Crippen LogP contribution in [0.4, 0.5) is 11.4 Å². The summed E-state index contributed by atoms with van der Waals surface area (Å²) in [5, 5.41) is 5.55. The zero-order chi connectivity index (χ0) is 22.2. The average Bonchev–Trinajstić information content (AvgIpc) is 2.79. The summed E-state index contributed by atoms with van der Waals surface area (Å²) in [7, 11) is 0. The van der Waals surface area contributed by atoms with Gasteiger partial charge < -0.3 is 25.2 Å². The largest absolute Gasteiger partial charge is 0.494 e. The number of aryl methyl sites for hydroxylation is 1. The summed E-state index contributed by atoms with van der Waals surface area (Å²) >= 11 is 0. The number of ether oxygens (including phenoxy) is 1. The summed E-state index contributed by atoms with van der Waals surface area (Å²) in [6, 6.07) is 12.9. The SMILES string of the molecule is CCOc1ccc(C(=O)NCC(=O)Nc2ccc(N3CCN(CC)CC3)cc2C)cc1. The second-order valence-electron chi connectivity index (χ2n) is 7.61. The predicted octanol–water partition coefficient (Wildman–Crippen LogP) is 2.90. The minimum atomic E-state index is -0.295. The third-order valence-electron chi connectivity index (χ3n) is 5.51. The molecule has 0 aromatic heterocycles. The van der Waals surface area contributed by atoms with E-state index in [9.17, 15) is 9.59 Å². The summed E-state index contributed by atoms with van der Waals surface area (Å²) in [5.41, 5.74) is 3.42. The van der Waals surface area contributed by atoms with Crippen LogP contribution < -0.4 is 20.3 Å². The van der Waals surface area contributed by atoms with Gasteiger partial charge in [-0.25, -0.2) is 0 Å². The van der Waals surface area contributed by atoms with Crippen molar-refractivity contribution in [2.75, 3.05) is 56.1 Å². The highest BCUT2D eigenvalue weighted by molar-refractivity contribution is 5.99. The first-order chi connectivity index (χ1) is 15.0. The van der Waals surface area contributed by atoms with E-state index in [4.69, 9.17) is 4.74 Å². The monoisotopic (exact) mass is 424 g/mol. The molecule has 3 rings (SSSR count). The van der Waals surface area contributed by atoms with E-state index in [1.165, 1.54) is 5.69 Å². The Morgan fingerprint density at radius 3 is 2.32 bits per heavy atom. The van der Waals surface area contributed by atoms with Gasteiger partial charge in [0.1, 0.15) is 5.75 Å². The molecule has 2 aromatic carbocycles. The molecule has 0 spiro atoms. The number of nitrogens with zero attached hydrogens (tertiary/aromatic N) is 2. The van der Waals surface area contributed by atoms with Gasteiger partial charge in [0.05, 0.1) is 13.2 Å². The summed E-state index contributed by atoms with van der Waals surface area (Å²) in [5.74, 6) is 0.158. The lowest BCUT2D eigenvalue weighted by atomic mass is 10.1. The lowest BCUT2D eigenvalue weighted by molar-refractivity contribution is -0.115. The number of hydrogen-bond donors (Lipinski definition) is 2. The van der Waals surface area contributed by atoms with E-state index < -0.39 is 0 Å². The number of benzene rings is 2. The van der Waals surface area contributed by atoms with Crippen molar-refractivity contribution in [1.29, 1.82) is 0 Å². The van der Waals surface area contributed by atoms with Gasteiger partial charge in [0.2, 0.25) is 5.91 Å². The molecule has 31 heavy (non-hydrogen) atoms. The third kappa shape index (κ3) is 6.21. The highest BCUT2D eigenvalue weighted by Crippen LogP contribution is 2.23. The molecule has 1 aliphatic heterocycles. The summed E-state index contributed by atoms with van der Waals surface area (Å²) in [6.07, 6.45) is 0. The maximum atomic E-state index is 12.3. The molecule has 1 fully saturated rings. The van der Waals surface area contributed by atoms with Crippen LogP contribution in [-0.2, 0) is 4.79 Å². The number of hydrogen-bond acceptors (Lipinski definition) is 5. The number of likely N-dealkylation sites (N-methyl/N-ethyl adjacent to an activating group) is 1. The Hall–Kier alpha value is -3.06. The number of carbonyl (C=O) groups excluding carboxylic acids is 2. The average molecular weight is 425 g/mol. The summed E-state index contributed by atoms with van der Waals surface area (Å²) < 4.78 is 5.37. The van der Waals surface area contributed by atoms with Gasteiger partial charge in [0.25, 0.3) is 5.91 Å². The molecule has 1 aliphatic rings. The molecule has 0 radical (unpaired) electrons. The minimum absolute atomic E-state index is 0.0911. The Kier molecular flexibility index (Phi) is 7.89. The van der Waals surface area contributed by atoms with Crippen LogP contribution in [0.1, 0.15) is 29.8 Å². The van der Waals surface area contributed by atoms with E-state index in [0.29, 0.717) is 17.9 Å². The molecule has 0 unspecified atom stereocenters. The molecular formula is C24H32N4O3. The molecule has 1 saturated heterocycles. The quantitative estimate of drug-likeness (QED) is 0.682. The van der Waals surface area contributed by atoms with Crippen molar-refractivity contribution in [3.8, 4) is 5.75 Å². The highest BCUT2D eigenvalue weighted by atomic mass is 16.5. The van der Waals surface area contributed by atoms with Gasteiger partial charge in [-0.15, -0.1) is 0 Å². The molecule has 0 atom stereocenters. The van der Waals surface area contributed by atoms with Gasteiger partial charge in [0.15, 0.2) is 0 Å². The molecular weight excluding hydrogens is 392 g/mol. The molecule has 1 heterocycles. The van der Waals surface area contributed by atoms with Crippen LogP contribution in [0.2, 0.25) is 0 Å². The van der Waals surface area contributed by atoms with E-state index in [2.05, 4.69) is 33.4 Å². The van der Waals surface area contributed by atoms with E-state index in [1.54, 1.807) is 24.3 Å². The van der Waals surface area contributed by atoms with E-state index in [0.717, 1.165) is 44.0 Å². The second kappa shape index (κ2) is 10.8. The zero-order valence-electron chi connectivity index (χ0n) is 18.6. The highest BCUT2D eigenvalue weighted by Gasteiger charge is 2.17. The maximum absolute atomic E-state index is 12.3. The molecule has 2 amide bonds. The van der Waals surface area contributed by atoms with Crippen LogP contribution in [0.15, 0.2) is 42.5 Å². The normalized spacial score (nSPS) is 14.2. The number of nitrogens with one attached hydrogen (secondary N) is 2. The third-order valence-corrected chi connectivity index (χ3v) is 5.51. The molecule has 0 aliphatic carbocycles. The van der Waals surface area contributed by atoms with Crippen LogP contribution in [0, 0.1) is 6.92 Å². The first-order valence-electron chi connectivity index (χ1n) is 10.9. The van der Waals surface area contributed by atoms with Crippen LogP contribution in [-0.4, -0.2) is 62.6 Å². The Balaban J connectivity index is 1.50. The number of rotatable bonds is 8. The van der Waals surface area contributed by atoms with Gasteiger partial charge in [-0.3, -0.25) is 9.59 Å². The zero-order valence-corrected chi connectivity index (χ0v) is 18.6. The van der Waals surface area contributed by atoms with Crippen LogP contribution >= 0.6 is 0 Å². The topological polar surface area (TPSA) is 73.9 Å². The molecule has 0 bridgehead atoms. The van der Waals surface area contributed by atoms with Crippen LogP contribution in [0.3, 0.4) is 0 Å². The van der Waals surface area contributed by atoms with Gasteiger partial charge >= 0.3 is 0 Å². The van der Waals surface area contributed by atoms with E-state index >= 15 is 0 Å². The fourth-order valence-electron chi connectivity index (χ4n) is 3.63. The Bertz CT molecular complexity index is 890. The Morgan fingerprint density at radius 2 is 1.71 bits per heavy atom. The lowest BCUT2D eigenvalue weighted by Gasteiger charge is -2.35. The Morgan fingerprint density at radius 1 is 1.00 bits per heavy atom. The van der Waals surface area contributed by atoms with Crippen molar-refractivity contribution < 1.29 is 14.3 Å². The number of amides is 2. The minimum Gasteiger partial charge on any atom is -0.494 e. The van der Waals surface area contributed by atoms with Gasteiger partial charge in [0, 0.05) is 43.1 Å². The second-order valence-corrected chi connectivity index (χ2v) is 7.61. The first kappa shape index (κ1) is 22.6. The van der Waals surface area contributed by atoms with Crippen molar-refractivity contribution >= 4 is 23.2 Å². The smallest absolute Gasteiger partial charge is 0.251 e. The molecule has 7 heteroatoms. The van der Waals surface area contributed by atoms with E-state index in [1.807, 2.05) is 26.0 Å². The number of piperazine rings is 1. The molecule has 2 N–H and O–H groups in total. The number of carbonyl (C=O) groups is 2. The summed E-state index contributed by atoms with van der Waals surface area (Å²) in [4.78, 5) is 29.4. The van der Waals surface area contributed by atoms with Crippen molar-refractivity contribution in [2.45, 2.75) is 20.8 Å². The van der Waals surface area contributed by atoms with E-state index in [-0.39, 0.29) is 18.4 Å². The van der Waals surface area contributed by atoms with Crippen molar-refractivity contribution in [3.63, 3.8) is 0 Å². The molecule has 166 valence electrons. The van der Waals surface area contributed by atoms with Gasteiger partial charge in [-0.1, -0.05) is 6.92 Å². The fourth-order valence-corrected chi connectivity index (χ4v) is 3.63. The standard InChI is InChI=1S/C24H32N4O3/c1-4-27-12-14-28(15-13-27)20-8-11-22(18(3)16-20)26-23(29)17-25-24(30)19-6-9-21(10-7-19)31-5-2/h6-11,16H,4-5,12-15,17H2,1-3H3,(H,25,30)(H,26,29). The van der Waals surface area contributed by atoms with Crippen molar-refractivity contribution in [1.82, 2.24) is 10.2 Å². The first-order valence-corrected chi connectivity index (χ1v) is 10.9. The van der Waals surface area contributed by atoms with Gasteiger partial charge in [-0.2, -0.15) is 0 Å². The summed E-state index contributed by atoms with van der Waals surface area (Å²) in [6.45, 7) is 11.8. The van der Waals surface area contributed by atoms with Crippen LogP contribution in [0.25, 0.3) is 0 Å². The predicted molar refractivity (Wildman–Crippen MR) is 124 cm³/mol. The molecule has 7 nitrogen and oxygen atoms in total. The van der Waals surface area contributed by atoms with Crippen LogP contribution in [0.5, 0.6) is 5.75 Å². The molecule has 2 aromatic rings. The number of anilines is 2. The Labute approximate surface area is 184 Å². The fraction of sp³-hybridized carbons (Fsp3) is 0.417. The molecule has 0 saturated carbocycles. The maximum Gasteiger partial charge on any atom is 0.251 e. The lowest BCUT2D eigenvalue weighted by Crippen LogP contribution is -2.46. The van der Waals surface area contributed by atoms with Crippen molar-refractivity contribution in [2.24, 2.45) is 0 Å². The van der Waals surface area contributed by atoms with Crippen molar-refractivity contribution in [3.05, 3.63) is 53.6 Å².